The summed E-state index contributed by atoms with van der Waals surface area (Å²) in [4.78, 5) is 22.8. The van der Waals surface area contributed by atoms with Gasteiger partial charge in [-0.1, -0.05) is 42.5 Å². The van der Waals surface area contributed by atoms with Crippen molar-refractivity contribution >= 4 is 11.9 Å². The van der Waals surface area contributed by atoms with Crippen molar-refractivity contribution < 1.29 is 29.3 Å². The summed E-state index contributed by atoms with van der Waals surface area (Å²) in [6.07, 6.45) is 0. The van der Waals surface area contributed by atoms with Crippen molar-refractivity contribution in [3.8, 4) is 11.5 Å². The summed E-state index contributed by atoms with van der Waals surface area (Å²) in [5, 5.41) is 14.8. The van der Waals surface area contributed by atoms with E-state index < -0.39 is 11.9 Å². The summed E-state index contributed by atoms with van der Waals surface area (Å²) in [6.45, 7) is 3.74. The van der Waals surface area contributed by atoms with Gasteiger partial charge in [-0.05, 0) is 25.7 Å². The van der Waals surface area contributed by atoms with E-state index in [1.165, 1.54) is 5.56 Å². The second-order valence-electron chi connectivity index (χ2n) is 6.76. The summed E-state index contributed by atoms with van der Waals surface area (Å²) in [7, 11) is 7.58. The van der Waals surface area contributed by atoms with Gasteiger partial charge in [-0.15, -0.1) is 0 Å². The summed E-state index contributed by atoms with van der Waals surface area (Å²) in [5.41, 5.74) is 2.46. The lowest BCUT2D eigenvalue weighted by molar-refractivity contribution is -0.159. The predicted molar refractivity (Wildman–Crippen MR) is 114 cm³/mol. The highest BCUT2D eigenvalue weighted by molar-refractivity contribution is 6.27. The standard InChI is InChI=1S/C20H28N2O2.C2H2O4/c1-21(2)13-14-22(15-17-9-6-5-7-10-17)16-18-11-8-12-19(23-3)20(18)24-4;3-1(4)2(5)6/h5-12H,13-16H2,1-4H3;(H,3,4)(H,5,6). The van der Waals surface area contributed by atoms with E-state index in [2.05, 4.69) is 60.3 Å². The lowest BCUT2D eigenvalue weighted by Gasteiger charge is -2.25. The number of para-hydroxylation sites is 1. The van der Waals surface area contributed by atoms with Crippen LogP contribution in [-0.2, 0) is 22.7 Å². The maximum absolute atomic E-state index is 9.10. The van der Waals surface area contributed by atoms with E-state index >= 15 is 0 Å². The van der Waals surface area contributed by atoms with Gasteiger partial charge in [0.2, 0.25) is 0 Å². The molecule has 8 heteroatoms. The molecule has 0 aliphatic heterocycles. The van der Waals surface area contributed by atoms with Crippen LogP contribution in [0, 0.1) is 0 Å². The molecular weight excluding hydrogens is 388 g/mol. The lowest BCUT2D eigenvalue weighted by atomic mass is 10.1. The van der Waals surface area contributed by atoms with Crippen LogP contribution in [0.4, 0.5) is 0 Å². The monoisotopic (exact) mass is 418 g/mol. The van der Waals surface area contributed by atoms with Crippen molar-refractivity contribution in [2.75, 3.05) is 41.4 Å². The van der Waals surface area contributed by atoms with Crippen LogP contribution in [0.15, 0.2) is 48.5 Å². The molecule has 0 aromatic heterocycles. The normalized spacial score (nSPS) is 10.3. The molecule has 2 aromatic rings. The number of benzene rings is 2. The Morgan fingerprint density at radius 3 is 1.97 bits per heavy atom. The van der Waals surface area contributed by atoms with Gasteiger partial charge in [-0.2, -0.15) is 0 Å². The molecule has 0 amide bonds. The zero-order chi connectivity index (χ0) is 22.5. The molecule has 0 atom stereocenters. The molecule has 0 aliphatic rings. The average molecular weight is 418 g/mol. The van der Waals surface area contributed by atoms with Crippen LogP contribution in [0.2, 0.25) is 0 Å². The third kappa shape index (κ3) is 8.93. The van der Waals surface area contributed by atoms with Crippen LogP contribution in [0.1, 0.15) is 11.1 Å². The van der Waals surface area contributed by atoms with Gasteiger partial charge >= 0.3 is 11.9 Å². The average Bonchev–Trinajstić information content (AvgIpc) is 2.72. The molecular formula is C22H30N2O6. The highest BCUT2D eigenvalue weighted by Crippen LogP contribution is 2.31. The Morgan fingerprint density at radius 1 is 0.833 bits per heavy atom. The van der Waals surface area contributed by atoms with Crippen LogP contribution < -0.4 is 9.47 Å². The van der Waals surface area contributed by atoms with Crippen molar-refractivity contribution in [1.82, 2.24) is 9.80 Å². The quantitative estimate of drug-likeness (QED) is 0.599. The van der Waals surface area contributed by atoms with Gasteiger partial charge in [0.15, 0.2) is 11.5 Å². The van der Waals surface area contributed by atoms with E-state index in [-0.39, 0.29) is 0 Å². The van der Waals surface area contributed by atoms with Crippen molar-refractivity contribution in [1.29, 1.82) is 0 Å². The Hall–Kier alpha value is -3.10. The Labute approximate surface area is 177 Å². The molecule has 2 rings (SSSR count). The number of hydrogen-bond acceptors (Lipinski definition) is 6. The Balaban J connectivity index is 0.000000656. The summed E-state index contributed by atoms with van der Waals surface area (Å²) < 4.78 is 11.0. The fourth-order valence-electron chi connectivity index (χ4n) is 2.72. The number of carboxylic acids is 2. The molecule has 164 valence electrons. The smallest absolute Gasteiger partial charge is 0.414 e. The highest BCUT2D eigenvalue weighted by Gasteiger charge is 2.14. The first-order valence-electron chi connectivity index (χ1n) is 9.35. The predicted octanol–water partition coefficient (Wildman–Crippen LogP) is 2.42. The molecule has 8 nitrogen and oxygen atoms in total. The molecule has 0 heterocycles. The first-order chi connectivity index (χ1) is 14.3. The molecule has 2 N–H and O–H groups in total. The number of nitrogens with zero attached hydrogens (tertiary/aromatic N) is 2. The highest BCUT2D eigenvalue weighted by atomic mass is 16.5. The lowest BCUT2D eigenvalue weighted by Crippen LogP contribution is -2.31. The molecule has 0 spiro atoms. The van der Waals surface area contributed by atoms with Crippen LogP contribution in [0.3, 0.4) is 0 Å². The van der Waals surface area contributed by atoms with Crippen LogP contribution >= 0.6 is 0 Å². The zero-order valence-electron chi connectivity index (χ0n) is 17.9. The fraction of sp³-hybridized carbons (Fsp3) is 0.364. The SMILES string of the molecule is COc1cccc(CN(CCN(C)C)Cc2ccccc2)c1OC.O=C(O)C(=O)O. The summed E-state index contributed by atoms with van der Waals surface area (Å²) in [5.74, 6) is -2.05. The van der Waals surface area contributed by atoms with Crippen molar-refractivity contribution in [2.45, 2.75) is 13.1 Å². The minimum Gasteiger partial charge on any atom is -0.493 e. The van der Waals surface area contributed by atoms with Crippen LogP contribution in [-0.4, -0.2) is 73.4 Å². The second-order valence-corrected chi connectivity index (χ2v) is 6.76. The van der Waals surface area contributed by atoms with Gasteiger partial charge in [0.25, 0.3) is 0 Å². The van der Waals surface area contributed by atoms with Gasteiger partial charge in [0, 0.05) is 31.7 Å². The molecule has 0 fully saturated rings. The van der Waals surface area contributed by atoms with E-state index in [1.807, 2.05) is 12.1 Å². The van der Waals surface area contributed by atoms with Gasteiger partial charge in [-0.25, -0.2) is 9.59 Å². The minimum atomic E-state index is -1.82. The molecule has 0 radical (unpaired) electrons. The molecule has 0 bridgehead atoms. The third-order valence-corrected chi connectivity index (χ3v) is 4.17. The molecule has 0 saturated heterocycles. The number of methoxy groups -OCH3 is 2. The van der Waals surface area contributed by atoms with Crippen molar-refractivity contribution in [3.63, 3.8) is 0 Å². The van der Waals surface area contributed by atoms with E-state index in [1.54, 1.807) is 14.2 Å². The maximum Gasteiger partial charge on any atom is 0.414 e. The molecule has 2 aromatic carbocycles. The number of ether oxygens (including phenoxy) is 2. The van der Waals surface area contributed by atoms with Gasteiger partial charge in [0.05, 0.1) is 14.2 Å². The first kappa shape index (κ1) is 24.9. The Bertz CT molecular complexity index is 783. The fourth-order valence-corrected chi connectivity index (χ4v) is 2.72. The minimum absolute atomic E-state index is 0.780. The first-order valence-corrected chi connectivity index (χ1v) is 9.35. The summed E-state index contributed by atoms with van der Waals surface area (Å²) in [6, 6.07) is 16.6. The molecule has 30 heavy (non-hydrogen) atoms. The number of likely N-dealkylation sites (N-methyl/N-ethyl adjacent to an activating group) is 1. The van der Waals surface area contributed by atoms with Crippen molar-refractivity contribution in [3.05, 3.63) is 59.7 Å². The Morgan fingerprint density at radius 2 is 1.47 bits per heavy atom. The largest absolute Gasteiger partial charge is 0.493 e. The zero-order valence-corrected chi connectivity index (χ0v) is 17.9. The number of carbonyl (C=O) groups is 2. The maximum atomic E-state index is 9.10. The van der Waals surface area contributed by atoms with Crippen LogP contribution in [0.25, 0.3) is 0 Å². The van der Waals surface area contributed by atoms with E-state index in [0.29, 0.717) is 0 Å². The summed E-state index contributed by atoms with van der Waals surface area (Å²) >= 11 is 0. The topological polar surface area (TPSA) is 99.5 Å². The molecule has 0 aliphatic carbocycles. The van der Waals surface area contributed by atoms with Crippen LogP contribution in [0.5, 0.6) is 11.5 Å². The van der Waals surface area contributed by atoms with Gasteiger partial charge in [-0.3, -0.25) is 4.90 Å². The van der Waals surface area contributed by atoms with E-state index in [0.717, 1.165) is 43.2 Å². The van der Waals surface area contributed by atoms with E-state index in [4.69, 9.17) is 29.3 Å². The number of hydrogen-bond donors (Lipinski definition) is 2. The molecule has 0 unspecified atom stereocenters. The second kappa shape index (κ2) is 13.2. The Kier molecular flexibility index (Phi) is 11.0. The number of aliphatic carboxylic acids is 2. The molecule has 0 saturated carbocycles. The third-order valence-electron chi connectivity index (χ3n) is 4.17. The van der Waals surface area contributed by atoms with E-state index in [9.17, 15) is 0 Å². The van der Waals surface area contributed by atoms with Gasteiger partial charge < -0.3 is 24.6 Å². The van der Waals surface area contributed by atoms with Gasteiger partial charge in [0.1, 0.15) is 0 Å². The van der Waals surface area contributed by atoms with Crippen molar-refractivity contribution in [2.24, 2.45) is 0 Å². The number of rotatable bonds is 9. The number of carboxylic acid groups (broad SMARTS) is 2.